The molecule has 3 heterocycles. The van der Waals surface area contributed by atoms with Crippen LogP contribution in [0.1, 0.15) is 51.0 Å². The van der Waals surface area contributed by atoms with Crippen molar-refractivity contribution in [2.45, 2.75) is 63.2 Å². The molecule has 3 aliphatic heterocycles. The van der Waals surface area contributed by atoms with Gasteiger partial charge in [-0.15, -0.1) is 0 Å². The maximum absolute atomic E-state index is 13.5. The zero-order valence-electron chi connectivity index (χ0n) is 21.5. The summed E-state index contributed by atoms with van der Waals surface area (Å²) in [5, 5.41) is 39.7. The molecule has 2 N–H and O–H groups in total. The van der Waals surface area contributed by atoms with Crippen LogP contribution >= 0.6 is 0 Å². The maximum atomic E-state index is 13.5. The number of amides is 2. The molecule has 12 heteroatoms. The first-order chi connectivity index (χ1) is 17.9. The van der Waals surface area contributed by atoms with Crippen LogP contribution in [-0.4, -0.2) is 68.4 Å². The van der Waals surface area contributed by atoms with Crippen LogP contribution in [0.2, 0.25) is 0 Å². The number of epoxide rings is 2. The van der Waals surface area contributed by atoms with Gasteiger partial charge in [-0.2, -0.15) is 0 Å². The summed E-state index contributed by atoms with van der Waals surface area (Å²) in [7, 11) is 0. The molecule has 0 bridgehead atoms. The van der Waals surface area contributed by atoms with Crippen LogP contribution in [-0.2, 0) is 19.1 Å². The molecule has 204 valence electrons. The standard InChI is InChI=1S/C26H30N4O8/c1-15-13-28(24(32)26(4)22(38-26)18-7-11-20(12-8-18)30(35)36)16(2)14-27(15)23(31)25(3)21(37-25)17-5-9-19(10-6-17)29(33)34/h5-12,15-16,21-22,33,35H,13-14H2,1-4H3/q-2. The molecule has 0 aromatic heterocycles. The normalized spacial score (nSPS) is 32.1. The number of nitrogens with zero attached hydrogens (tertiary/aromatic N) is 4. The van der Waals surface area contributed by atoms with E-state index in [0.717, 1.165) is 11.1 Å². The summed E-state index contributed by atoms with van der Waals surface area (Å²) in [4.78, 5) is 30.5. The van der Waals surface area contributed by atoms with E-state index in [1.807, 2.05) is 13.8 Å². The Labute approximate surface area is 219 Å². The van der Waals surface area contributed by atoms with E-state index in [0.29, 0.717) is 13.1 Å². The van der Waals surface area contributed by atoms with E-state index < -0.39 is 23.4 Å². The molecule has 6 atom stereocenters. The number of benzene rings is 2. The summed E-state index contributed by atoms with van der Waals surface area (Å²) in [5.41, 5.74) is -0.513. The monoisotopic (exact) mass is 526 g/mol. The van der Waals surface area contributed by atoms with Crippen molar-refractivity contribution in [3.8, 4) is 0 Å². The van der Waals surface area contributed by atoms with Crippen molar-refractivity contribution in [2.24, 2.45) is 0 Å². The molecule has 0 aliphatic carbocycles. The molecule has 38 heavy (non-hydrogen) atoms. The van der Waals surface area contributed by atoms with Crippen LogP contribution in [0.5, 0.6) is 0 Å². The lowest BCUT2D eigenvalue weighted by atomic mass is 9.95. The van der Waals surface area contributed by atoms with Crippen LogP contribution in [0.3, 0.4) is 0 Å². The first kappa shape index (κ1) is 26.4. The summed E-state index contributed by atoms with van der Waals surface area (Å²) in [5.74, 6) is -0.345. The van der Waals surface area contributed by atoms with Crippen molar-refractivity contribution in [3.05, 3.63) is 70.1 Å². The topological polar surface area (TPSA) is 159 Å². The second-order valence-corrected chi connectivity index (χ2v) is 10.6. The van der Waals surface area contributed by atoms with Crippen molar-refractivity contribution in [3.63, 3.8) is 0 Å². The van der Waals surface area contributed by atoms with Gasteiger partial charge in [-0.25, -0.2) is 0 Å². The Bertz CT molecular complexity index is 1130. The fourth-order valence-corrected chi connectivity index (χ4v) is 5.33. The lowest BCUT2D eigenvalue weighted by Gasteiger charge is -2.45. The molecule has 5 rings (SSSR count). The van der Waals surface area contributed by atoms with Crippen LogP contribution < -0.4 is 10.5 Å². The molecule has 3 fully saturated rings. The Morgan fingerprint density at radius 1 is 0.763 bits per heavy atom. The van der Waals surface area contributed by atoms with Gasteiger partial charge in [-0.1, -0.05) is 24.3 Å². The summed E-state index contributed by atoms with van der Waals surface area (Å²) in [6.07, 6.45) is -0.953. The number of rotatable bonds is 6. The third kappa shape index (κ3) is 4.38. The highest BCUT2D eigenvalue weighted by Crippen LogP contribution is 2.52. The predicted molar refractivity (Wildman–Crippen MR) is 135 cm³/mol. The quantitative estimate of drug-likeness (QED) is 0.423. The van der Waals surface area contributed by atoms with Gasteiger partial charge in [0.1, 0.15) is 12.2 Å². The first-order valence-corrected chi connectivity index (χ1v) is 12.4. The van der Waals surface area contributed by atoms with Gasteiger partial charge in [-0.3, -0.25) is 20.0 Å². The molecule has 6 unspecified atom stereocenters. The third-order valence-corrected chi connectivity index (χ3v) is 7.80. The predicted octanol–water partition coefficient (Wildman–Crippen LogP) is 2.88. The molecule has 0 spiro atoms. The van der Waals surface area contributed by atoms with E-state index in [1.165, 1.54) is 24.3 Å². The summed E-state index contributed by atoms with van der Waals surface area (Å²) < 4.78 is 11.7. The second-order valence-electron chi connectivity index (χ2n) is 10.6. The molecule has 3 aliphatic rings. The van der Waals surface area contributed by atoms with Gasteiger partial charge in [0, 0.05) is 25.2 Å². The smallest absolute Gasteiger partial charge is 0.258 e. The number of carbonyl (C=O) groups is 2. The van der Waals surface area contributed by atoms with Crippen LogP contribution in [0, 0.1) is 10.4 Å². The van der Waals surface area contributed by atoms with E-state index in [-0.39, 0.29) is 45.7 Å². The average Bonchev–Trinajstić information content (AvgIpc) is 3.79. The SMILES string of the molecule is CC1CN(C(=O)C2(C)OC2c2ccc(N([O-])O)cc2)C(C)CN1C(=O)C1(C)OC1c1ccc(N([O-])O)cc1. The summed E-state index contributed by atoms with van der Waals surface area (Å²) in [6, 6.07) is 11.9. The lowest BCUT2D eigenvalue weighted by molar-refractivity contribution is -0.151. The van der Waals surface area contributed by atoms with E-state index in [4.69, 9.17) is 19.9 Å². The Balaban J connectivity index is 1.23. The number of hydrogen-bond acceptors (Lipinski definition) is 10. The molecule has 12 nitrogen and oxygen atoms in total. The Morgan fingerprint density at radius 3 is 1.37 bits per heavy atom. The molecule has 0 saturated carbocycles. The van der Waals surface area contributed by atoms with Gasteiger partial charge in [-0.05, 0) is 63.1 Å². The lowest BCUT2D eigenvalue weighted by Crippen LogP contribution is -2.62. The molecule has 0 radical (unpaired) electrons. The molecule has 3 saturated heterocycles. The minimum absolute atomic E-state index is 0.0810. The molecule has 2 aromatic carbocycles. The Kier molecular flexibility index (Phi) is 6.37. The minimum atomic E-state index is -1.06. The molecular formula is C26H30N4O8-2. The highest BCUT2D eigenvalue weighted by Gasteiger charge is 2.63. The fourth-order valence-electron chi connectivity index (χ4n) is 5.33. The first-order valence-electron chi connectivity index (χ1n) is 12.4. The zero-order valence-corrected chi connectivity index (χ0v) is 21.5. The van der Waals surface area contributed by atoms with Crippen molar-refractivity contribution >= 4 is 23.2 Å². The maximum Gasteiger partial charge on any atom is 0.258 e. The van der Waals surface area contributed by atoms with Crippen LogP contribution in [0.4, 0.5) is 11.4 Å². The van der Waals surface area contributed by atoms with Crippen LogP contribution in [0.15, 0.2) is 48.5 Å². The fraction of sp³-hybridized carbons (Fsp3) is 0.462. The minimum Gasteiger partial charge on any atom is -0.733 e. The van der Waals surface area contributed by atoms with Crippen molar-refractivity contribution in [2.75, 3.05) is 23.5 Å². The summed E-state index contributed by atoms with van der Waals surface area (Å²) in [6.45, 7) is 7.90. The number of carbonyl (C=O) groups excluding carboxylic acids is 2. The number of ether oxygens (including phenoxy) is 2. The summed E-state index contributed by atoms with van der Waals surface area (Å²) >= 11 is 0. The van der Waals surface area contributed by atoms with E-state index >= 15 is 0 Å². The molecular weight excluding hydrogens is 496 g/mol. The van der Waals surface area contributed by atoms with Crippen LogP contribution in [0.25, 0.3) is 0 Å². The third-order valence-electron chi connectivity index (χ3n) is 7.80. The average molecular weight is 527 g/mol. The second kappa shape index (κ2) is 9.19. The van der Waals surface area contributed by atoms with E-state index in [1.54, 1.807) is 47.9 Å². The number of piperazine rings is 1. The highest BCUT2D eigenvalue weighted by atomic mass is 16.8. The van der Waals surface area contributed by atoms with Gasteiger partial charge in [0.25, 0.3) is 11.8 Å². The number of hydrogen-bond donors (Lipinski definition) is 2. The van der Waals surface area contributed by atoms with Gasteiger partial charge >= 0.3 is 0 Å². The molecule has 2 aromatic rings. The number of anilines is 2. The Hall–Kier alpha value is -3.26. The van der Waals surface area contributed by atoms with Crippen molar-refractivity contribution in [1.82, 2.24) is 9.80 Å². The molecule has 2 amide bonds. The van der Waals surface area contributed by atoms with Crippen molar-refractivity contribution < 1.29 is 29.5 Å². The Morgan fingerprint density at radius 2 is 1.08 bits per heavy atom. The van der Waals surface area contributed by atoms with Gasteiger partial charge in [0.2, 0.25) is 0 Å². The largest absolute Gasteiger partial charge is 0.733 e. The van der Waals surface area contributed by atoms with E-state index in [2.05, 4.69) is 0 Å². The van der Waals surface area contributed by atoms with E-state index in [9.17, 15) is 20.0 Å². The van der Waals surface area contributed by atoms with Gasteiger partial charge in [0.15, 0.2) is 11.2 Å². The zero-order chi connectivity index (χ0) is 27.6. The van der Waals surface area contributed by atoms with Crippen molar-refractivity contribution in [1.29, 1.82) is 0 Å². The van der Waals surface area contributed by atoms with Gasteiger partial charge < -0.3 is 40.1 Å². The van der Waals surface area contributed by atoms with Gasteiger partial charge in [0.05, 0.1) is 11.4 Å². The highest BCUT2D eigenvalue weighted by molar-refractivity contribution is 5.91.